The highest BCUT2D eigenvalue weighted by Gasteiger charge is 2.06. The first-order chi connectivity index (χ1) is 7.20. The molecular weight excluding hydrogens is 192 g/mol. The zero-order chi connectivity index (χ0) is 10.8. The Morgan fingerprint density at radius 2 is 2.20 bits per heavy atom. The Balaban J connectivity index is 2.59. The number of benzene rings is 1. The van der Waals surface area contributed by atoms with Crippen molar-refractivity contribution < 1.29 is 4.92 Å². The number of nitrogens with zero attached hydrogens (tertiary/aromatic N) is 2. The summed E-state index contributed by atoms with van der Waals surface area (Å²) in [5, 5.41) is 11.5. The molecule has 76 valence electrons. The van der Waals surface area contributed by atoms with Gasteiger partial charge in [-0.25, -0.2) is 0 Å². The molecular formula is C11H10N2O2. The van der Waals surface area contributed by atoms with Crippen LogP contribution < -0.4 is 0 Å². The third kappa shape index (κ3) is 1.79. The fourth-order valence-corrected chi connectivity index (χ4v) is 1.46. The van der Waals surface area contributed by atoms with Gasteiger partial charge in [-0.3, -0.25) is 15.1 Å². The lowest BCUT2D eigenvalue weighted by Gasteiger charge is -1.99. The lowest BCUT2D eigenvalue weighted by molar-refractivity contribution is -0.384. The van der Waals surface area contributed by atoms with Crippen LogP contribution in [0.15, 0.2) is 30.5 Å². The molecule has 0 N–H and O–H groups in total. The molecule has 0 saturated heterocycles. The Labute approximate surface area is 86.7 Å². The van der Waals surface area contributed by atoms with Gasteiger partial charge in [0, 0.05) is 23.7 Å². The number of pyridine rings is 1. The van der Waals surface area contributed by atoms with Crippen LogP contribution in [0.1, 0.15) is 12.5 Å². The molecule has 1 aromatic heterocycles. The van der Waals surface area contributed by atoms with E-state index in [1.165, 1.54) is 12.1 Å². The van der Waals surface area contributed by atoms with Crippen LogP contribution in [-0.4, -0.2) is 9.91 Å². The van der Waals surface area contributed by atoms with E-state index in [0.717, 1.165) is 17.4 Å². The van der Waals surface area contributed by atoms with Crippen molar-refractivity contribution in [2.24, 2.45) is 0 Å². The van der Waals surface area contributed by atoms with E-state index in [1.54, 1.807) is 12.3 Å². The Bertz CT molecular complexity index is 523. The predicted molar refractivity (Wildman–Crippen MR) is 57.8 cm³/mol. The summed E-state index contributed by atoms with van der Waals surface area (Å²) in [6.45, 7) is 2.05. The minimum atomic E-state index is -0.408. The van der Waals surface area contributed by atoms with Gasteiger partial charge in [0.25, 0.3) is 5.69 Å². The molecule has 4 nitrogen and oxygen atoms in total. The summed E-state index contributed by atoms with van der Waals surface area (Å²) in [7, 11) is 0. The van der Waals surface area contributed by atoms with Crippen molar-refractivity contribution in [3.05, 3.63) is 46.1 Å². The zero-order valence-electron chi connectivity index (χ0n) is 8.30. The molecule has 0 saturated carbocycles. The van der Waals surface area contributed by atoms with Gasteiger partial charge in [-0.1, -0.05) is 6.92 Å². The topological polar surface area (TPSA) is 56.0 Å². The van der Waals surface area contributed by atoms with Gasteiger partial charge in [0.05, 0.1) is 10.4 Å². The molecule has 1 heterocycles. The van der Waals surface area contributed by atoms with Gasteiger partial charge < -0.3 is 0 Å². The fraction of sp³-hybridized carbons (Fsp3) is 0.182. The van der Waals surface area contributed by atoms with E-state index in [1.807, 2.05) is 13.0 Å². The molecule has 0 aliphatic heterocycles. The molecule has 1 aromatic carbocycles. The van der Waals surface area contributed by atoms with Gasteiger partial charge in [-0.2, -0.15) is 0 Å². The maximum Gasteiger partial charge on any atom is 0.271 e. The fourth-order valence-electron chi connectivity index (χ4n) is 1.46. The van der Waals surface area contributed by atoms with E-state index in [2.05, 4.69) is 4.98 Å². The summed E-state index contributed by atoms with van der Waals surface area (Å²) >= 11 is 0. The van der Waals surface area contributed by atoms with Crippen LogP contribution >= 0.6 is 0 Å². The maximum atomic E-state index is 10.5. The molecule has 0 fully saturated rings. The highest BCUT2D eigenvalue weighted by atomic mass is 16.6. The minimum Gasteiger partial charge on any atom is -0.258 e. The first-order valence-electron chi connectivity index (χ1n) is 4.74. The molecule has 0 radical (unpaired) electrons. The third-order valence-electron chi connectivity index (χ3n) is 2.34. The second-order valence-electron chi connectivity index (χ2n) is 3.33. The lowest BCUT2D eigenvalue weighted by Crippen LogP contribution is -1.89. The number of nitro benzene ring substituents is 1. The van der Waals surface area contributed by atoms with E-state index in [-0.39, 0.29) is 5.69 Å². The van der Waals surface area contributed by atoms with Crippen LogP contribution in [0.4, 0.5) is 5.69 Å². The van der Waals surface area contributed by atoms with Crippen molar-refractivity contribution in [2.45, 2.75) is 13.3 Å². The Hall–Kier alpha value is -1.97. The van der Waals surface area contributed by atoms with Crippen molar-refractivity contribution in [1.82, 2.24) is 4.98 Å². The molecule has 4 heteroatoms. The monoisotopic (exact) mass is 202 g/mol. The molecule has 0 unspecified atom stereocenters. The number of rotatable bonds is 2. The van der Waals surface area contributed by atoms with Gasteiger partial charge >= 0.3 is 0 Å². The molecule has 0 bridgehead atoms. The molecule has 2 rings (SSSR count). The van der Waals surface area contributed by atoms with Gasteiger partial charge in [-0.05, 0) is 24.1 Å². The van der Waals surface area contributed by atoms with E-state index in [0.29, 0.717) is 5.52 Å². The van der Waals surface area contributed by atoms with Crippen LogP contribution in [-0.2, 0) is 6.42 Å². The van der Waals surface area contributed by atoms with E-state index >= 15 is 0 Å². The highest BCUT2D eigenvalue weighted by Crippen LogP contribution is 2.19. The van der Waals surface area contributed by atoms with Gasteiger partial charge in [0.15, 0.2) is 0 Å². The van der Waals surface area contributed by atoms with Gasteiger partial charge in [-0.15, -0.1) is 0 Å². The van der Waals surface area contributed by atoms with E-state index in [9.17, 15) is 10.1 Å². The normalized spacial score (nSPS) is 10.5. The maximum absolute atomic E-state index is 10.5. The summed E-state index contributed by atoms with van der Waals surface area (Å²) in [5.41, 5.74) is 1.89. The highest BCUT2D eigenvalue weighted by molar-refractivity contribution is 5.81. The number of nitro groups is 1. The van der Waals surface area contributed by atoms with Crippen molar-refractivity contribution in [2.75, 3.05) is 0 Å². The molecule has 15 heavy (non-hydrogen) atoms. The second kappa shape index (κ2) is 3.65. The van der Waals surface area contributed by atoms with Crippen molar-refractivity contribution in [3.8, 4) is 0 Å². The average molecular weight is 202 g/mol. The summed E-state index contributed by atoms with van der Waals surface area (Å²) in [6.07, 6.45) is 2.67. The molecule has 0 atom stereocenters. The number of fused-ring (bicyclic) bond motifs is 1. The SMILES string of the molecule is CCc1cnc2cc([N+](=O)[O-])ccc2c1. The molecule has 0 aliphatic carbocycles. The van der Waals surface area contributed by atoms with Crippen LogP contribution in [0.25, 0.3) is 10.9 Å². The summed E-state index contributed by atoms with van der Waals surface area (Å²) < 4.78 is 0. The third-order valence-corrected chi connectivity index (χ3v) is 2.34. The molecule has 0 spiro atoms. The van der Waals surface area contributed by atoms with Crippen LogP contribution in [0.2, 0.25) is 0 Å². The van der Waals surface area contributed by atoms with E-state index in [4.69, 9.17) is 0 Å². The molecule has 0 aliphatic rings. The first-order valence-corrected chi connectivity index (χ1v) is 4.74. The van der Waals surface area contributed by atoms with Crippen LogP contribution in [0, 0.1) is 10.1 Å². The quantitative estimate of drug-likeness (QED) is 0.555. The van der Waals surface area contributed by atoms with Crippen molar-refractivity contribution >= 4 is 16.6 Å². The minimum absolute atomic E-state index is 0.0826. The summed E-state index contributed by atoms with van der Waals surface area (Å²) in [6, 6.07) is 6.74. The standard InChI is InChI=1S/C11H10N2O2/c1-2-8-5-9-3-4-10(13(14)15)6-11(9)12-7-8/h3-7H,2H2,1H3. The second-order valence-corrected chi connectivity index (χ2v) is 3.33. The Morgan fingerprint density at radius 1 is 1.40 bits per heavy atom. The summed E-state index contributed by atoms with van der Waals surface area (Å²) in [4.78, 5) is 14.3. The molecule has 2 aromatic rings. The number of hydrogen-bond donors (Lipinski definition) is 0. The lowest BCUT2D eigenvalue weighted by atomic mass is 10.1. The number of hydrogen-bond acceptors (Lipinski definition) is 3. The number of aryl methyl sites for hydroxylation is 1. The predicted octanol–water partition coefficient (Wildman–Crippen LogP) is 2.71. The summed E-state index contributed by atoms with van der Waals surface area (Å²) in [5.74, 6) is 0. The van der Waals surface area contributed by atoms with E-state index < -0.39 is 4.92 Å². The number of aromatic nitrogens is 1. The Morgan fingerprint density at radius 3 is 2.87 bits per heavy atom. The first kappa shape index (κ1) is 9.58. The van der Waals surface area contributed by atoms with Crippen molar-refractivity contribution in [1.29, 1.82) is 0 Å². The smallest absolute Gasteiger partial charge is 0.258 e. The Kier molecular flexibility index (Phi) is 2.33. The largest absolute Gasteiger partial charge is 0.271 e. The molecule has 0 amide bonds. The average Bonchev–Trinajstić information content (AvgIpc) is 2.27. The van der Waals surface area contributed by atoms with Crippen molar-refractivity contribution in [3.63, 3.8) is 0 Å². The van der Waals surface area contributed by atoms with Crippen LogP contribution in [0.5, 0.6) is 0 Å². The van der Waals surface area contributed by atoms with Gasteiger partial charge in [0.1, 0.15) is 0 Å². The van der Waals surface area contributed by atoms with Gasteiger partial charge in [0.2, 0.25) is 0 Å². The number of non-ortho nitro benzene ring substituents is 1. The van der Waals surface area contributed by atoms with Crippen LogP contribution in [0.3, 0.4) is 0 Å². The zero-order valence-corrected chi connectivity index (χ0v) is 8.30.